The van der Waals surface area contributed by atoms with Crippen LogP contribution in [0.15, 0.2) is 36.8 Å². The summed E-state index contributed by atoms with van der Waals surface area (Å²) in [4.78, 5) is 8.64. The zero-order chi connectivity index (χ0) is 11.4. The van der Waals surface area contributed by atoms with Crippen LogP contribution in [0.3, 0.4) is 0 Å². The molecule has 0 aromatic carbocycles. The molecule has 4 heteroatoms. The summed E-state index contributed by atoms with van der Waals surface area (Å²) in [5, 5.41) is 3.23. The highest BCUT2D eigenvalue weighted by atomic mass is 15.2. The Bertz CT molecular complexity index is 435. The second kappa shape index (κ2) is 4.79. The average molecular weight is 216 g/mol. The topological polar surface area (TPSA) is 42.7 Å². The van der Waals surface area contributed by atoms with Gasteiger partial charge in [0, 0.05) is 25.1 Å². The lowest BCUT2D eigenvalue weighted by Crippen LogP contribution is -2.12. The summed E-state index contributed by atoms with van der Waals surface area (Å²) in [6, 6.07) is 6.15. The molecule has 2 rings (SSSR count). The molecule has 0 spiro atoms. The van der Waals surface area contributed by atoms with E-state index in [1.807, 2.05) is 30.6 Å². The van der Waals surface area contributed by atoms with Crippen LogP contribution in [0.5, 0.6) is 0 Å². The fourth-order valence-electron chi connectivity index (χ4n) is 1.69. The molecule has 2 aromatic rings. The highest BCUT2D eigenvalue weighted by molar-refractivity contribution is 5.28. The van der Waals surface area contributed by atoms with Crippen LogP contribution in [-0.2, 0) is 0 Å². The van der Waals surface area contributed by atoms with E-state index in [0.29, 0.717) is 0 Å². The van der Waals surface area contributed by atoms with Gasteiger partial charge in [0.25, 0.3) is 0 Å². The number of hydrogen-bond donors (Lipinski definition) is 1. The minimum absolute atomic E-state index is 0.192. The Labute approximate surface area is 95.4 Å². The number of hydrogen-bond acceptors (Lipinski definition) is 3. The van der Waals surface area contributed by atoms with Gasteiger partial charge in [-0.3, -0.25) is 4.98 Å². The average Bonchev–Trinajstić information content (AvgIpc) is 2.78. The Morgan fingerprint density at radius 3 is 2.88 bits per heavy atom. The molecule has 0 saturated carbocycles. The van der Waals surface area contributed by atoms with Gasteiger partial charge in [0.15, 0.2) is 0 Å². The molecular formula is C12H16N4. The van der Waals surface area contributed by atoms with Gasteiger partial charge in [-0.25, -0.2) is 4.98 Å². The number of nitrogens with zero attached hydrogens (tertiary/aromatic N) is 3. The summed E-state index contributed by atoms with van der Waals surface area (Å²) in [5.41, 5.74) is 1.04. The first-order chi connectivity index (χ1) is 7.83. The van der Waals surface area contributed by atoms with Crippen LogP contribution >= 0.6 is 0 Å². The maximum atomic E-state index is 4.36. The minimum atomic E-state index is 0.192. The molecule has 0 radical (unpaired) electrons. The molecule has 0 amide bonds. The van der Waals surface area contributed by atoms with Crippen LogP contribution in [0.4, 0.5) is 5.95 Å². The lowest BCUT2D eigenvalue weighted by Gasteiger charge is -2.15. The van der Waals surface area contributed by atoms with Crippen molar-refractivity contribution in [2.45, 2.75) is 19.9 Å². The van der Waals surface area contributed by atoms with Gasteiger partial charge in [-0.1, -0.05) is 6.07 Å². The zero-order valence-electron chi connectivity index (χ0n) is 9.59. The molecule has 0 bridgehead atoms. The van der Waals surface area contributed by atoms with Gasteiger partial charge in [0.2, 0.25) is 5.95 Å². The first-order valence-electron chi connectivity index (χ1n) is 5.50. The molecule has 4 nitrogen and oxygen atoms in total. The Morgan fingerprint density at radius 1 is 1.31 bits per heavy atom. The monoisotopic (exact) mass is 216 g/mol. The molecule has 0 saturated heterocycles. The second-order valence-corrected chi connectivity index (χ2v) is 3.62. The largest absolute Gasteiger partial charge is 0.356 e. The van der Waals surface area contributed by atoms with Gasteiger partial charge >= 0.3 is 0 Å². The molecule has 2 heterocycles. The third-order valence-corrected chi connectivity index (χ3v) is 2.54. The van der Waals surface area contributed by atoms with E-state index < -0.39 is 0 Å². The van der Waals surface area contributed by atoms with E-state index in [1.165, 1.54) is 0 Å². The number of aromatic nitrogens is 3. The molecule has 0 aliphatic rings. The lowest BCUT2D eigenvalue weighted by atomic mass is 10.2. The smallest absolute Gasteiger partial charge is 0.203 e. The van der Waals surface area contributed by atoms with Gasteiger partial charge in [-0.05, 0) is 26.0 Å². The first kappa shape index (κ1) is 10.7. The van der Waals surface area contributed by atoms with Crippen molar-refractivity contribution in [1.82, 2.24) is 14.5 Å². The van der Waals surface area contributed by atoms with E-state index >= 15 is 0 Å². The van der Waals surface area contributed by atoms with Crippen LogP contribution < -0.4 is 5.32 Å². The normalized spacial score (nSPS) is 12.4. The number of rotatable bonds is 4. The third-order valence-electron chi connectivity index (χ3n) is 2.54. The summed E-state index contributed by atoms with van der Waals surface area (Å²) in [6.45, 7) is 5.04. The molecule has 1 atom stereocenters. The highest BCUT2D eigenvalue weighted by Crippen LogP contribution is 2.19. The van der Waals surface area contributed by atoms with Crippen molar-refractivity contribution in [3.63, 3.8) is 0 Å². The maximum Gasteiger partial charge on any atom is 0.203 e. The summed E-state index contributed by atoms with van der Waals surface area (Å²) >= 11 is 0. The van der Waals surface area contributed by atoms with Crippen molar-refractivity contribution < 1.29 is 0 Å². The van der Waals surface area contributed by atoms with Gasteiger partial charge in [-0.15, -0.1) is 0 Å². The maximum absolute atomic E-state index is 4.36. The molecule has 0 aliphatic carbocycles. The van der Waals surface area contributed by atoms with Crippen LogP contribution in [0.2, 0.25) is 0 Å². The summed E-state index contributed by atoms with van der Waals surface area (Å²) in [7, 11) is 0. The molecule has 0 fully saturated rings. The minimum Gasteiger partial charge on any atom is -0.356 e. The molecule has 1 unspecified atom stereocenters. The Hall–Kier alpha value is -1.84. The predicted molar refractivity (Wildman–Crippen MR) is 64.4 cm³/mol. The number of imidazole rings is 1. The van der Waals surface area contributed by atoms with E-state index in [-0.39, 0.29) is 6.04 Å². The predicted octanol–water partition coefficient (Wildman–Crippen LogP) is 2.32. The molecular weight excluding hydrogens is 200 g/mol. The van der Waals surface area contributed by atoms with Gasteiger partial charge in [-0.2, -0.15) is 0 Å². The van der Waals surface area contributed by atoms with Crippen molar-refractivity contribution in [2.24, 2.45) is 0 Å². The fraction of sp³-hybridized carbons (Fsp3) is 0.333. The van der Waals surface area contributed by atoms with Crippen molar-refractivity contribution in [2.75, 3.05) is 11.9 Å². The van der Waals surface area contributed by atoms with E-state index in [0.717, 1.165) is 18.2 Å². The SMILES string of the molecule is CCNc1nccn1C(C)c1ccccn1. The highest BCUT2D eigenvalue weighted by Gasteiger charge is 2.11. The zero-order valence-corrected chi connectivity index (χ0v) is 9.59. The van der Waals surface area contributed by atoms with Crippen LogP contribution in [0.1, 0.15) is 25.6 Å². The summed E-state index contributed by atoms with van der Waals surface area (Å²) < 4.78 is 2.09. The second-order valence-electron chi connectivity index (χ2n) is 3.62. The van der Waals surface area contributed by atoms with Gasteiger partial charge < -0.3 is 9.88 Å². The molecule has 16 heavy (non-hydrogen) atoms. The van der Waals surface area contributed by atoms with Crippen molar-refractivity contribution >= 4 is 5.95 Å². The summed E-state index contributed by atoms with van der Waals surface area (Å²) in [5.74, 6) is 0.889. The first-order valence-corrected chi connectivity index (χ1v) is 5.50. The standard InChI is InChI=1S/C12H16N4/c1-3-13-12-15-8-9-16(12)10(2)11-6-4-5-7-14-11/h4-10H,3H2,1-2H3,(H,13,15). The number of pyridine rings is 1. The molecule has 1 N–H and O–H groups in total. The van der Waals surface area contributed by atoms with Crippen molar-refractivity contribution in [3.8, 4) is 0 Å². The molecule has 0 aliphatic heterocycles. The quantitative estimate of drug-likeness (QED) is 0.852. The number of nitrogens with one attached hydrogen (secondary N) is 1. The molecule has 84 valence electrons. The van der Waals surface area contributed by atoms with E-state index in [9.17, 15) is 0 Å². The van der Waals surface area contributed by atoms with Crippen molar-refractivity contribution in [3.05, 3.63) is 42.5 Å². The Morgan fingerprint density at radius 2 is 2.19 bits per heavy atom. The van der Waals surface area contributed by atoms with E-state index in [4.69, 9.17) is 0 Å². The third kappa shape index (κ3) is 2.05. The lowest BCUT2D eigenvalue weighted by molar-refractivity contribution is 0.625. The van der Waals surface area contributed by atoms with Gasteiger partial charge in [0.05, 0.1) is 11.7 Å². The number of anilines is 1. The van der Waals surface area contributed by atoms with Crippen LogP contribution in [-0.4, -0.2) is 21.1 Å². The van der Waals surface area contributed by atoms with Crippen molar-refractivity contribution in [1.29, 1.82) is 0 Å². The summed E-state index contributed by atoms with van der Waals surface area (Å²) in [6.07, 6.45) is 5.59. The Balaban J connectivity index is 2.27. The fourth-order valence-corrected chi connectivity index (χ4v) is 1.69. The molecule has 2 aromatic heterocycles. The van der Waals surface area contributed by atoms with E-state index in [1.54, 1.807) is 6.20 Å². The van der Waals surface area contributed by atoms with E-state index in [2.05, 4.69) is 33.7 Å². The van der Waals surface area contributed by atoms with Gasteiger partial charge in [0.1, 0.15) is 0 Å². The Kier molecular flexibility index (Phi) is 3.19. The van der Waals surface area contributed by atoms with Crippen LogP contribution in [0, 0.1) is 0 Å². The van der Waals surface area contributed by atoms with Crippen LogP contribution in [0.25, 0.3) is 0 Å².